The molecule has 1 N–H and O–H groups in total. The standard InChI is InChI=1S/C10H8FN3OS/c11-8-2-1-3-9-7(8)4-13-14(9)5-10(15)12-6-16/h1-4,6H,5H2,(H,12,15,16). The molecule has 0 aliphatic heterocycles. The molecule has 1 heterocycles. The molecule has 16 heavy (non-hydrogen) atoms. The lowest BCUT2D eigenvalue weighted by Gasteiger charge is -2.01. The number of benzene rings is 1. The number of amides is 1. The minimum atomic E-state index is -0.348. The van der Waals surface area contributed by atoms with Gasteiger partial charge in [-0.25, -0.2) is 4.39 Å². The highest BCUT2D eigenvalue weighted by atomic mass is 32.1. The van der Waals surface area contributed by atoms with Crippen LogP contribution < -0.4 is 5.32 Å². The van der Waals surface area contributed by atoms with E-state index in [0.717, 1.165) is 5.49 Å². The molecule has 0 bridgehead atoms. The van der Waals surface area contributed by atoms with Crippen LogP contribution in [0.25, 0.3) is 10.9 Å². The highest BCUT2D eigenvalue weighted by Crippen LogP contribution is 2.16. The van der Waals surface area contributed by atoms with Crippen LogP contribution in [0.2, 0.25) is 0 Å². The van der Waals surface area contributed by atoms with Gasteiger partial charge >= 0.3 is 0 Å². The Morgan fingerprint density at radius 1 is 1.62 bits per heavy atom. The molecule has 0 atom stereocenters. The van der Waals surface area contributed by atoms with Gasteiger partial charge in [-0.05, 0) is 12.1 Å². The van der Waals surface area contributed by atoms with Gasteiger partial charge in [-0.1, -0.05) is 18.3 Å². The Kier molecular flexibility index (Phi) is 2.91. The second-order valence-electron chi connectivity index (χ2n) is 3.16. The SMILES string of the molecule is O=C(Cn1ncc2c(F)cccc21)NC=S. The van der Waals surface area contributed by atoms with E-state index in [1.807, 2.05) is 0 Å². The van der Waals surface area contributed by atoms with E-state index in [1.165, 1.54) is 16.9 Å². The van der Waals surface area contributed by atoms with Crippen molar-refractivity contribution in [1.82, 2.24) is 15.1 Å². The fourth-order valence-corrected chi connectivity index (χ4v) is 1.57. The Labute approximate surface area is 96.1 Å². The zero-order chi connectivity index (χ0) is 11.5. The number of aromatic nitrogens is 2. The first kappa shape index (κ1) is 10.7. The van der Waals surface area contributed by atoms with Gasteiger partial charge < -0.3 is 5.32 Å². The van der Waals surface area contributed by atoms with Gasteiger partial charge in [0.15, 0.2) is 0 Å². The second kappa shape index (κ2) is 4.36. The second-order valence-corrected chi connectivity index (χ2v) is 3.40. The molecular formula is C10H8FN3OS. The topological polar surface area (TPSA) is 46.9 Å². The largest absolute Gasteiger partial charge is 0.321 e. The van der Waals surface area contributed by atoms with E-state index in [4.69, 9.17) is 0 Å². The van der Waals surface area contributed by atoms with Gasteiger partial charge in [-0.3, -0.25) is 9.48 Å². The lowest BCUT2D eigenvalue weighted by atomic mass is 10.2. The molecule has 4 nitrogen and oxygen atoms in total. The van der Waals surface area contributed by atoms with Gasteiger partial charge in [0.2, 0.25) is 5.91 Å². The number of hydrogen-bond acceptors (Lipinski definition) is 3. The van der Waals surface area contributed by atoms with Crippen LogP contribution in [0.4, 0.5) is 4.39 Å². The van der Waals surface area contributed by atoms with Crippen LogP contribution >= 0.6 is 12.2 Å². The minimum Gasteiger partial charge on any atom is -0.321 e. The quantitative estimate of drug-likeness (QED) is 0.817. The van der Waals surface area contributed by atoms with E-state index in [9.17, 15) is 9.18 Å². The molecule has 0 saturated carbocycles. The summed E-state index contributed by atoms with van der Waals surface area (Å²) < 4.78 is 14.7. The van der Waals surface area contributed by atoms with Crippen LogP contribution in [0, 0.1) is 5.82 Å². The summed E-state index contributed by atoms with van der Waals surface area (Å²) in [6.07, 6.45) is 1.40. The molecule has 1 aromatic heterocycles. The summed E-state index contributed by atoms with van der Waals surface area (Å²) in [5.74, 6) is -0.636. The third kappa shape index (κ3) is 1.92. The van der Waals surface area contributed by atoms with Crippen LogP contribution in [-0.4, -0.2) is 21.2 Å². The fourth-order valence-electron chi connectivity index (χ4n) is 1.44. The molecule has 0 aliphatic carbocycles. The van der Waals surface area contributed by atoms with Gasteiger partial charge in [0.05, 0.1) is 22.6 Å². The lowest BCUT2D eigenvalue weighted by molar-refractivity contribution is -0.120. The van der Waals surface area contributed by atoms with Crippen molar-refractivity contribution in [3.8, 4) is 0 Å². The van der Waals surface area contributed by atoms with Crippen molar-refractivity contribution in [3.63, 3.8) is 0 Å². The zero-order valence-corrected chi connectivity index (χ0v) is 9.00. The smallest absolute Gasteiger partial charge is 0.246 e. The van der Waals surface area contributed by atoms with E-state index in [2.05, 4.69) is 22.6 Å². The molecule has 0 saturated heterocycles. The van der Waals surface area contributed by atoms with Gasteiger partial charge in [0, 0.05) is 0 Å². The summed E-state index contributed by atoms with van der Waals surface area (Å²) in [5, 5.41) is 6.71. The van der Waals surface area contributed by atoms with Crippen LogP contribution in [-0.2, 0) is 11.3 Å². The Morgan fingerprint density at radius 2 is 2.44 bits per heavy atom. The molecule has 0 unspecified atom stereocenters. The average Bonchev–Trinajstić information content (AvgIpc) is 2.64. The molecule has 1 amide bonds. The van der Waals surface area contributed by atoms with Crippen LogP contribution in [0.3, 0.4) is 0 Å². The molecule has 6 heteroatoms. The van der Waals surface area contributed by atoms with Crippen molar-refractivity contribution in [2.75, 3.05) is 0 Å². The highest BCUT2D eigenvalue weighted by Gasteiger charge is 2.08. The van der Waals surface area contributed by atoms with E-state index < -0.39 is 0 Å². The van der Waals surface area contributed by atoms with E-state index in [1.54, 1.807) is 12.1 Å². The number of carbonyl (C=O) groups excluding carboxylic acids is 1. The van der Waals surface area contributed by atoms with Crippen molar-refractivity contribution in [1.29, 1.82) is 0 Å². The first-order chi connectivity index (χ1) is 7.72. The molecule has 1 aromatic carbocycles. The van der Waals surface area contributed by atoms with E-state index in [-0.39, 0.29) is 18.3 Å². The predicted molar refractivity (Wildman–Crippen MR) is 61.5 cm³/mol. The number of nitrogens with one attached hydrogen (secondary N) is 1. The summed E-state index contributed by atoms with van der Waals surface area (Å²) in [6, 6.07) is 4.63. The van der Waals surface area contributed by atoms with Crippen molar-refractivity contribution in [2.45, 2.75) is 6.54 Å². The fraction of sp³-hybridized carbons (Fsp3) is 0.100. The molecule has 0 radical (unpaired) electrons. The third-order valence-electron chi connectivity index (χ3n) is 2.15. The van der Waals surface area contributed by atoms with E-state index in [0.29, 0.717) is 10.9 Å². The normalized spacial score (nSPS) is 10.3. The van der Waals surface area contributed by atoms with Gasteiger partial charge in [-0.2, -0.15) is 5.10 Å². The van der Waals surface area contributed by atoms with Crippen LogP contribution in [0.15, 0.2) is 24.4 Å². The number of halogens is 1. The van der Waals surface area contributed by atoms with Crippen LogP contribution in [0.1, 0.15) is 0 Å². The van der Waals surface area contributed by atoms with Crippen molar-refractivity contribution in [3.05, 3.63) is 30.2 Å². The average molecular weight is 237 g/mol. The molecule has 0 aliphatic rings. The minimum absolute atomic E-state index is 0.0140. The number of carbonyl (C=O) groups is 1. The monoisotopic (exact) mass is 237 g/mol. The van der Waals surface area contributed by atoms with Crippen molar-refractivity contribution >= 4 is 34.5 Å². The molecule has 2 aromatic rings. The Hall–Kier alpha value is -1.82. The summed E-state index contributed by atoms with van der Waals surface area (Å²) in [6.45, 7) is 0.0140. The number of nitrogens with zero attached hydrogens (tertiary/aromatic N) is 2. The molecular weight excluding hydrogens is 229 g/mol. The Balaban J connectivity index is 2.35. The van der Waals surface area contributed by atoms with Crippen LogP contribution in [0.5, 0.6) is 0 Å². The zero-order valence-electron chi connectivity index (χ0n) is 8.18. The number of thiocarbonyl (C=S) groups is 1. The summed E-state index contributed by atoms with van der Waals surface area (Å²) in [7, 11) is 0. The summed E-state index contributed by atoms with van der Waals surface area (Å²) in [5.41, 5.74) is 1.72. The van der Waals surface area contributed by atoms with Gasteiger partial charge in [-0.15, -0.1) is 0 Å². The Bertz CT molecular complexity index is 552. The first-order valence-electron chi connectivity index (χ1n) is 4.55. The van der Waals surface area contributed by atoms with E-state index >= 15 is 0 Å². The predicted octanol–water partition coefficient (Wildman–Crippen LogP) is 1.25. The summed E-state index contributed by atoms with van der Waals surface area (Å²) >= 11 is 4.49. The van der Waals surface area contributed by atoms with Gasteiger partial charge in [0.25, 0.3) is 0 Å². The molecule has 0 spiro atoms. The number of hydrogen-bond donors (Lipinski definition) is 1. The maximum Gasteiger partial charge on any atom is 0.246 e. The number of rotatable bonds is 3. The maximum absolute atomic E-state index is 13.3. The maximum atomic E-state index is 13.3. The molecule has 2 rings (SSSR count). The summed E-state index contributed by atoms with van der Waals surface area (Å²) in [4.78, 5) is 11.3. The lowest BCUT2D eigenvalue weighted by Crippen LogP contribution is -2.25. The van der Waals surface area contributed by atoms with Crippen molar-refractivity contribution in [2.24, 2.45) is 0 Å². The number of fused-ring (bicyclic) bond motifs is 1. The van der Waals surface area contributed by atoms with Crippen molar-refractivity contribution < 1.29 is 9.18 Å². The third-order valence-corrected chi connectivity index (χ3v) is 2.27. The molecule has 82 valence electrons. The first-order valence-corrected chi connectivity index (χ1v) is 5.02. The molecule has 0 fully saturated rings. The Morgan fingerprint density at radius 3 is 3.19 bits per heavy atom. The highest BCUT2D eigenvalue weighted by molar-refractivity contribution is 7.78. The van der Waals surface area contributed by atoms with Gasteiger partial charge in [0.1, 0.15) is 12.4 Å².